The maximum absolute atomic E-state index is 16.1. The van der Waals surface area contributed by atoms with Crippen LogP contribution in [0.2, 0.25) is 5.02 Å². The summed E-state index contributed by atoms with van der Waals surface area (Å²) < 4.78 is 11.0. The highest BCUT2D eigenvalue weighted by molar-refractivity contribution is 6.41. The first-order chi connectivity index (χ1) is 24.7. The van der Waals surface area contributed by atoms with Crippen molar-refractivity contribution in [1.82, 2.24) is 0 Å². The minimum absolute atomic E-state index is 0.0119. The van der Waals surface area contributed by atoms with Crippen molar-refractivity contribution in [3.05, 3.63) is 165 Å². The molecular formula is C41H29ClN2O7. The van der Waals surface area contributed by atoms with Crippen LogP contribution in [0.3, 0.4) is 0 Å². The topological polar surface area (TPSA) is 116 Å². The van der Waals surface area contributed by atoms with Gasteiger partial charge in [0, 0.05) is 12.1 Å². The molecule has 51 heavy (non-hydrogen) atoms. The van der Waals surface area contributed by atoms with E-state index in [1.54, 1.807) is 38.5 Å². The summed E-state index contributed by atoms with van der Waals surface area (Å²) in [5.41, 5.74) is -0.168. The number of carbonyl (C=O) groups excluding carboxylic acids is 3. The summed E-state index contributed by atoms with van der Waals surface area (Å²) in [6.45, 7) is 0. The van der Waals surface area contributed by atoms with E-state index in [-0.39, 0.29) is 22.2 Å². The van der Waals surface area contributed by atoms with Gasteiger partial charge in [0.05, 0.1) is 52.5 Å². The Kier molecular flexibility index (Phi) is 7.43. The quantitative estimate of drug-likeness (QED) is 0.0940. The van der Waals surface area contributed by atoms with Crippen LogP contribution in [-0.2, 0) is 25.2 Å². The molecule has 2 amide bonds. The number of amides is 2. The number of halogens is 1. The summed E-state index contributed by atoms with van der Waals surface area (Å²) >= 11 is 6.63. The number of hydrogen-bond donors (Lipinski definition) is 0. The van der Waals surface area contributed by atoms with Gasteiger partial charge in [-0.15, -0.1) is 0 Å². The van der Waals surface area contributed by atoms with Gasteiger partial charge in [-0.2, -0.15) is 0 Å². The Bertz CT molecular complexity index is 2160. The number of ketones is 1. The third-order valence-corrected chi connectivity index (χ3v) is 10.9. The Morgan fingerprint density at radius 3 is 1.47 bits per heavy atom. The van der Waals surface area contributed by atoms with Crippen LogP contribution in [0.15, 0.2) is 127 Å². The maximum atomic E-state index is 16.1. The molecule has 5 aromatic rings. The van der Waals surface area contributed by atoms with Gasteiger partial charge in [-0.25, -0.2) is 4.90 Å². The van der Waals surface area contributed by atoms with Crippen molar-refractivity contribution in [3.8, 4) is 11.5 Å². The summed E-state index contributed by atoms with van der Waals surface area (Å²) in [6, 6.07) is 36.4. The van der Waals surface area contributed by atoms with Gasteiger partial charge in [-0.1, -0.05) is 96.5 Å². The van der Waals surface area contributed by atoms with Crippen LogP contribution in [-0.4, -0.2) is 36.7 Å². The van der Waals surface area contributed by atoms with E-state index >= 15 is 14.4 Å². The van der Waals surface area contributed by atoms with Gasteiger partial charge in [0.2, 0.25) is 11.8 Å². The average molecular weight is 697 g/mol. The minimum atomic E-state index is -1.67. The van der Waals surface area contributed by atoms with Crippen molar-refractivity contribution < 1.29 is 28.8 Å². The average Bonchev–Trinajstić information content (AvgIpc) is 3.67. The SMILES string of the molecule is COc1ccc(C2=C(c3ccc(OC)cc3)[C@@]3(c4ccccc4)C(=O)[C@]2(c2ccccc2)[C@H]2C(=O)N(c4cc([N+](=O)[O-])ccc4Cl)C(=O)[C@@H]23)cc1. The van der Waals surface area contributed by atoms with E-state index < -0.39 is 39.4 Å². The van der Waals surface area contributed by atoms with Crippen LogP contribution in [0.25, 0.3) is 11.1 Å². The molecule has 0 spiro atoms. The second kappa shape index (κ2) is 11.8. The molecule has 9 nitrogen and oxygen atoms in total. The Labute approximate surface area is 297 Å². The molecule has 0 N–H and O–H groups in total. The molecule has 3 aliphatic rings. The zero-order valence-corrected chi connectivity index (χ0v) is 28.2. The number of hydrogen-bond acceptors (Lipinski definition) is 7. The van der Waals surface area contributed by atoms with E-state index in [4.69, 9.17) is 21.1 Å². The maximum Gasteiger partial charge on any atom is 0.271 e. The second-order valence-corrected chi connectivity index (χ2v) is 13.2. The van der Waals surface area contributed by atoms with Gasteiger partial charge in [0.1, 0.15) is 11.5 Å². The molecule has 0 unspecified atom stereocenters. The number of nitro groups is 1. The van der Waals surface area contributed by atoms with Crippen molar-refractivity contribution in [2.24, 2.45) is 11.8 Å². The van der Waals surface area contributed by atoms with Crippen molar-refractivity contribution in [2.75, 3.05) is 19.1 Å². The second-order valence-electron chi connectivity index (χ2n) is 12.7. The number of non-ortho nitro benzene ring substituents is 1. The Balaban J connectivity index is 1.53. The van der Waals surface area contributed by atoms with Crippen molar-refractivity contribution in [2.45, 2.75) is 10.8 Å². The van der Waals surface area contributed by atoms with Crippen LogP contribution < -0.4 is 14.4 Å². The monoisotopic (exact) mass is 696 g/mol. The van der Waals surface area contributed by atoms with Crippen LogP contribution in [0.5, 0.6) is 11.5 Å². The molecule has 2 bridgehead atoms. The Morgan fingerprint density at radius 2 is 1.08 bits per heavy atom. The molecule has 8 rings (SSSR count). The van der Waals surface area contributed by atoms with Gasteiger partial charge in [-0.3, -0.25) is 24.5 Å². The zero-order chi connectivity index (χ0) is 35.7. The fourth-order valence-electron chi connectivity index (χ4n) is 8.66. The molecule has 0 aromatic heterocycles. The normalized spacial score (nSPS) is 23.5. The van der Waals surface area contributed by atoms with Gasteiger partial charge in [0.25, 0.3) is 5.69 Å². The lowest BCUT2D eigenvalue weighted by atomic mass is 9.59. The standard InChI is InChI=1S/C41H29ClN2O7/c1-50-29-18-13-24(14-19-29)33-34(25-15-20-30(51-2)21-16-25)41(27-11-7-4-8-12-27)36-35(40(33,39(41)47)26-9-5-3-6-10-26)37(45)43(38(36)46)32-23-28(44(48)49)17-22-31(32)42/h3-23,35-36H,1-2H3/t35-,36-,40-,41+/m1/s1. The lowest BCUT2D eigenvalue weighted by Crippen LogP contribution is -2.45. The first kappa shape index (κ1) is 32.2. The fraction of sp³-hybridized carbons (Fsp3) is 0.146. The summed E-state index contributed by atoms with van der Waals surface area (Å²) in [7, 11) is 3.13. The summed E-state index contributed by atoms with van der Waals surface area (Å²) in [4.78, 5) is 58.6. The predicted octanol–water partition coefficient (Wildman–Crippen LogP) is 7.45. The van der Waals surface area contributed by atoms with Crippen LogP contribution in [0.4, 0.5) is 11.4 Å². The first-order valence-corrected chi connectivity index (χ1v) is 16.6. The molecule has 0 radical (unpaired) electrons. The van der Waals surface area contributed by atoms with E-state index in [1.807, 2.05) is 84.9 Å². The summed E-state index contributed by atoms with van der Waals surface area (Å²) in [5.74, 6) is -2.88. The van der Waals surface area contributed by atoms with Crippen molar-refractivity contribution in [3.63, 3.8) is 0 Å². The van der Waals surface area contributed by atoms with E-state index in [2.05, 4.69) is 0 Å². The molecular weight excluding hydrogens is 668 g/mol. The minimum Gasteiger partial charge on any atom is -0.497 e. The number of rotatable bonds is 8. The summed E-state index contributed by atoms with van der Waals surface area (Å²) in [5, 5.41) is 11.9. The molecule has 2 fully saturated rings. The van der Waals surface area contributed by atoms with Gasteiger partial charge < -0.3 is 9.47 Å². The van der Waals surface area contributed by atoms with Crippen molar-refractivity contribution in [1.29, 1.82) is 0 Å². The van der Waals surface area contributed by atoms with E-state index in [0.717, 1.165) is 11.0 Å². The van der Waals surface area contributed by atoms with Gasteiger partial charge >= 0.3 is 0 Å². The number of imide groups is 1. The van der Waals surface area contributed by atoms with E-state index in [0.29, 0.717) is 44.9 Å². The highest BCUT2D eigenvalue weighted by Crippen LogP contribution is 2.74. The molecule has 2 aliphatic carbocycles. The zero-order valence-electron chi connectivity index (χ0n) is 27.4. The van der Waals surface area contributed by atoms with Crippen molar-refractivity contribution >= 4 is 51.7 Å². The van der Waals surface area contributed by atoms with Crippen LogP contribution in [0, 0.1) is 22.0 Å². The lowest BCUT2D eigenvalue weighted by molar-refractivity contribution is -0.384. The van der Waals surface area contributed by atoms with E-state index in [1.165, 1.54) is 12.1 Å². The number of ether oxygens (including phenoxy) is 2. The molecule has 1 heterocycles. The number of benzene rings is 5. The molecule has 4 atom stereocenters. The number of nitro benzene ring substituents is 1. The lowest BCUT2D eigenvalue weighted by Gasteiger charge is -2.39. The predicted molar refractivity (Wildman–Crippen MR) is 192 cm³/mol. The van der Waals surface area contributed by atoms with Crippen LogP contribution in [0.1, 0.15) is 22.3 Å². The molecule has 1 saturated carbocycles. The largest absolute Gasteiger partial charge is 0.497 e. The highest BCUT2D eigenvalue weighted by Gasteiger charge is 2.82. The number of anilines is 1. The fourth-order valence-corrected chi connectivity index (χ4v) is 8.87. The number of carbonyl (C=O) groups is 3. The van der Waals surface area contributed by atoms with E-state index in [9.17, 15) is 10.1 Å². The number of fused-ring (bicyclic) bond motifs is 5. The van der Waals surface area contributed by atoms with Gasteiger partial charge in [0.15, 0.2) is 5.78 Å². The Hall–Kier alpha value is -6.06. The molecule has 5 aromatic carbocycles. The third-order valence-electron chi connectivity index (χ3n) is 10.6. The first-order valence-electron chi connectivity index (χ1n) is 16.2. The smallest absolute Gasteiger partial charge is 0.271 e. The number of methoxy groups -OCH3 is 2. The highest BCUT2D eigenvalue weighted by atomic mass is 35.5. The van der Waals surface area contributed by atoms with Gasteiger partial charge in [-0.05, 0) is 63.7 Å². The molecule has 1 saturated heterocycles. The molecule has 1 aliphatic heterocycles. The molecule has 252 valence electrons. The molecule has 10 heteroatoms. The third kappa shape index (κ3) is 4.24. The van der Waals surface area contributed by atoms with Crippen LogP contribution >= 0.6 is 11.6 Å². The summed E-state index contributed by atoms with van der Waals surface area (Å²) in [6.07, 6.45) is 0. The number of Topliss-reactive ketones (excluding diaryl/α,β-unsaturated/α-hetero) is 1. The Morgan fingerprint density at radius 1 is 0.647 bits per heavy atom. The number of allylic oxidation sites excluding steroid dienone is 2. The number of nitrogens with zero attached hydrogens (tertiary/aromatic N) is 2.